The van der Waals surface area contributed by atoms with Crippen molar-refractivity contribution in [1.29, 1.82) is 0 Å². The lowest BCUT2D eigenvalue weighted by atomic mass is 10.0. The van der Waals surface area contributed by atoms with E-state index in [1.165, 1.54) is 0 Å². The maximum absolute atomic E-state index is 12.5. The fraction of sp³-hybridized carbons (Fsp3) is 0.556. The summed E-state index contributed by atoms with van der Waals surface area (Å²) in [5.41, 5.74) is 5.28. The molecule has 1 heterocycles. The lowest BCUT2D eigenvalue weighted by Crippen LogP contribution is -2.34. The lowest BCUT2D eigenvalue weighted by Gasteiger charge is -2.25. The molecule has 0 spiro atoms. The number of nitrogens with two attached hydrogens (primary N) is 1. The number of nitrogens with zero attached hydrogens (tertiary/aromatic N) is 2. The second kappa shape index (κ2) is 4.32. The van der Waals surface area contributed by atoms with E-state index in [1.807, 2.05) is 13.8 Å². The van der Waals surface area contributed by atoms with Gasteiger partial charge in [-0.3, -0.25) is 0 Å². The second-order valence-electron chi connectivity index (χ2n) is 3.77. The quantitative estimate of drug-likeness (QED) is 0.762. The van der Waals surface area contributed by atoms with Gasteiger partial charge in [-0.15, -0.1) is 0 Å². The first-order chi connectivity index (χ1) is 6.53. The highest BCUT2D eigenvalue weighted by Gasteiger charge is 2.17. The Bertz CT molecular complexity index is 283. The molecule has 0 amide bonds. The predicted molar refractivity (Wildman–Crippen MR) is 53.4 cm³/mol. The van der Waals surface area contributed by atoms with Crippen LogP contribution in [0.25, 0.3) is 0 Å². The molecule has 1 aromatic rings. The molecular formula is C9H15FN4. The summed E-state index contributed by atoms with van der Waals surface area (Å²) < 4.78 is 12.5. The highest BCUT2D eigenvalue weighted by molar-refractivity contribution is 5.26. The molecule has 0 saturated carbocycles. The molecule has 0 bridgehead atoms. The Morgan fingerprint density at radius 1 is 1.43 bits per heavy atom. The predicted octanol–water partition coefficient (Wildman–Crippen LogP) is 1.15. The maximum atomic E-state index is 12.5. The van der Waals surface area contributed by atoms with Gasteiger partial charge in [0.05, 0.1) is 12.4 Å². The van der Waals surface area contributed by atoms with E-state index >= 15 is 0 Å². The van der Waals surface area contributed by atoms with E-state index in [0.717, 1.165) is 18.8 Å². The SMILES string of the molecule is CC(C)(CCN)Nc1ncc(F)cn1. The Morgan fingerprint density at radius 2 is 2.00 bits per heavy atom. The van der Waals surface area contributed by atoms with E-state index in [4.69, 9.17) is 5.73 Å². The number of hydrogen-bond acceptors (Lipinski definition) is 4. The molecule has 0 saturated heterocycles. The van der Waals surface area contributed by atoms with E-state index in [0.29, 0.717) is 12.5 Å². The molecule has 0 aliphatic heterocycles. The van der Waals surface area contributed by atoms with Gasteiger partial charge in [0.25, 0.3) is 0 Å². The smallest absolute Gasteiger partial charge is 0.223 e. The zero-order chi connectivity index (χ0) is 10.6. The van der Waals surface area contributed by atoms with Gasteiger partial charge in [-0.2, -0.15) is 0 Å². The van der Waals surface area contributed by atoms with Gasteiger partial charge in [0.2, 0.25) is 5.95 Å². The van der Waals surface area contributed by atoms with Crippen LogP contribution in [0.5, 0.6) is 0 Å². The monoisotopic (exact) mass is 198 g/mol. The number of rotatable bonds is 4. The Hall–Kier alpha value is -1.23. The van der Waals surface area contributed by atoms with Crippen molar-refractivity contribution in [3.8, 4) is 0 Å². The minimum absolute atomic E-state index is 0.174. The van der Waals surface area contributed by atoms with Crippen LogP contribution >= 0.6 is 0 Å². The third kappa shape index (κ3) is 3.26. The Morgan fingerprint density at radius 3 is 2.50 bits per heavy atom. The van der Waals surface area contributed by atoms with Crippen LogP contribution < -0.4 is 11.1 Å². The number of halogens is 1. The summed E-state index contributed by atoms with van der Waals surface area (Å²) >= 11 is 0. The van der Waals surface area contributed by atoms with Gasteiger partial charge in [-0.25, -0.2) is 14.4 Å². The average molecular weight is 198 g/mol. The molecule has 5 heteroatoms. The second-order valence-corrected chi connectivity index (χ2v) is 3.77. The van der Waals surface area contributed by atoms with Crippen LogP contribution in [-0.2, 0) is 0 Å². The molecule has 14 heavy (non-hydrogen) atoms. The third-order valence-corrected chi connectivity index (χ3v) is 1.84. The number of nitrogens with one attached hydrogen (secondary N) is 1. The van der Waals surface area contributed by atoms with Crippen LogP contribution in [0.3, 0.4) is 0 Å². The number of anilines is 1. The Labute approximate surface area is 82.8 Å². The first-order valence-electron chi connectivity index (χ1n) is 4.49. The topological polar surface area (TPSA) is 63.8 Å². The van der Waals surface area contributed by atoms with Gasteiger partial charge in [0.15, 0.2) is 5.82 Å². The molecule has 0 aromatic carbocycles. The van der Waals surface area contributed by atoms with Crippen molar-refractivity contribution >= 4 is 5.95 Å². The minimum Gasteiger partial charge on any atom is -0.349 e. The molecular weight excluding hydrogens is 183 g/mol. The van der Waals surface area contributed by atoms with E-state index in [9.17, 15) is 4.39 Å². The molecule has 78 valence electrons. The van der Waals surface area contributed by atoms with Crippen molar-refractivity contribution < 1.29 is 4.39 Å². The Kier molecular flexibility index (Phi) is 3.35. The van der Waals surface area contributed by atoms with E-state index < -0.39 is 5.82 Å². The summed E-state index contributed by atoms with van der Waals surface area (Å²) in [4.78, 5) is 7.62. The molecule has 0 fully saturated rings. The molecule has 1 rings (SSSR count). The zero-order valence-corrected chi connectivity index (χ0v) is 8.42. The van der Waals surface area contributed by atoms with Gasteiger partial charge < -0.3 is 11.1 Å². The molecule has 4 nitrogen and oxygen atoms in total. The summed E-state index contributed by atoms with van der Waals surface area (Å²) in [5, 5.41) is 3.08. The van der Waals surface area contributed by atoms with Gasteiger partial charge in [0, 0.05) is 5.54 Å². The molecule has 0 aliphatic rings. The average Bonchev–Trinajstić information content (AvgIpc) is 2.08. The van der Waals surface area contributed by atoms with Crippen molar-refractivity contribution in [2.45, 2.75) is 25.8 Å². The van der Waals surface area contributed by atoms with Crippen LogP contribution in [0.4, 0.5) is 10.3 Å². The highest BCUT2D eigenvalue weighted by Crippen LogP contribution is 2.13. The van der Waals surface area contributed by atoms with E-state index in [-0.39, 0.29) is 5.54 Å². The van der Waals surface area contributed by atoms with Crippen molar-refractivity contribution in [1.82, 2.24) is 9.97 Å². The number of aromatic nitrogens is 2. The molecule has 0 atom stereocenters. The third-order valence-electron chi connectivity index (χ3n) is 1.84. The molecule has 0 unspecified atom stereocenters. The van der Waals surface area contributed by atoms with Crippen LogP contribution in [0, 0.1) is 5.82 Å². The van der Waals surface area contributed by atoms with Gasteiger partial charge >= 0.3 is 0 Å². The van der Waals surface area contributed by atoms with Crippen molar-refractivity contribution in [3.63, 3.8) is 0 Å². The van der Waals surface area contributed by atoms with Gasteiger partial charge in [-0.05, 0) is 26.8 Å². The van der Waals surface area contributed by atoms with Crippen LogP contribution in [0.15, 0.2) is 12.4 Å². The van der Waals surface area contributed by atoms with Crippen LogP contribution in [0.2, 0.25) is 0 Å². The standard InChI is InChI=1S/C9H15FN4/c1-9(2,3-4-11)14-8-12-5-7(10)6-13-8/h5-6H,3-4,11H2,1-2H3,(H,12,13,14). The van der Waals surface area contributed by atoms with Crippen molar-refractivity contribution in [2.24, 2.45) is 5.73 Å². The fourth-order valence-corrected chi connectivity index (χ4v) is 1.10. The molecule has 0 aliphatic carbocycles. The largest absolute Gasteiger partial charge is 0.349 e. The summed E-state index contributed by atoms with van der Waals surface area (Å²) in [6, 6.07) is 0. The summed E-state index contributed by atoms with van der Waals surface area (Å²) in [5.74, 6) is -0.0166. The van der Waals surface area contributed by atoms with Crippen LogP contribution in [-0.4, -0.2) is 22.1 Å². The normalized spacial score (nSPS) is 11.4. The first-order valence-corrected chi connectivity index (χ1v) is 4.49. The lowest BCUT2D eigenvalue weighted by molar-refractivity contribution is 0.520. The van der Waals surface area contributed by atoms with Crippen LogP contribution in [0.1, 0.15) is 20.3 Å². The summed E-state index contributed by atoms with van der Waals surface area (Å²) in [7, 11) is 0. The minimum atomic E-state index is -0.438. The molecule has 3 N–H and O–H groups in total. The first kappa shape index (κ1) is 10.8. The van der Waals surface area contributed by atoms with Crippen molar-refractivity contribution in [3.05, 3.63) is 18.2 Å². The fourth-order valence-electron chi connectivity index (χ4n) is 1.10. The van der Waals surface area contributed by atoms with E-state index in [2.05, 4.69) is 15.3 Å². The van der Waals surface area contributed by atoms with Gasteiger partial charge in [-0.1, -0.05) is 0 Å². The molecule has 1 aromatic heterocycles. The summed E-state index contributed by atoms with van der Waals surface area (Å²) in [6.07, 6.45) is 3.06. The van der Waals surface area contributed by atoms with Gasteiger partial charge in [0.1, 0.15) is 0 Å². The highest BCUT2D eigenvalue weighted by atomic mass is 19.1. The Balaban J connectivity index is 2.64. The summed E-state index contributed by atoms with van der Waals surface area (Å²) in [6.45, 7) is 4.57. The molecule has 0 radical (unpaired) electrons. The zero-order valence-electron chi connectivity index (χ0n) is 8.42. The van der Waals surface area contributed by atoms with E-state index in [1.54, 1.807) is 0 Å². The maximum Gasteiger partial charge on any atom is 0.223 e. The number of hydrogen-bond donors (Lipinski definition) is 2. The van der Waals surface area contributed by atoms with Crippen molar-refractivity contribution in [2.75, 3.05) is 11.9 Å².